The van der Waals surface area contributed by atoms with Crippen LogP contribution in [0.5, 0.6) is 5.75 Å². The van der Waals surface area contributed by atoms with Gasteiger partial charge in [0.05, 0.1) is 25.9 Å². The maximum atomic E-state index is 13.0. The molecule has 0 fully saturated rings. The van der Waals surface area contributed by atoms with E-state index in [0.29, 0.717) is 30.5 Å². The van der Waals surface area contributed by atoms with Gasteiger partial charge >= 0.3 is 0 Å². The lowest BCUT2D eigenvalue weighted by Crippen LogP contribution is -2.36. The van der Waals surface area contributed by atoms with E-state index in [9.17, 15) is 4.39 Å². The Morgan fingerprint density at radius 1 is 1.44 bits per heavy atom. The fourth-order valence-electron chi connectivity index (χ4n) is 1.27. The molecule has 0 saturated carbocycles. The Labute approximate surface area is 105 Å². The van der Waals surface area contributed by atoms with Gasteiger partial charge in [0.2, 0.25) is 5.96 Å². The van der Waals surface area contributed by atoms with E-state index in [4.69, 9.17) is 15.3 Å². The lowest BCUT2D eigenvalue weighted by molar-refractivity contribution is 0.208. The van der Waals surface area contributed by atoms with Crippen LogP contribution >= 0.6 is 0 Å². The summed E-state index contributed by atoms with van der Waals surface area (Å²) >= 11 is 0. The number of halogens is 1. The Bertz CT molecular complexity index is 412. The maximum Gasteiger partial charge on any atom is 0.210 e. The van der Waals surface area contributed by atoms with Crippen LogP contribution in [0.1, 0.15) is 0 Å². The zero-order chi connectivity index (χ0) is 13.4. The van der Waals surface area contributed by atoms with E-state index < -0.39 is 0 Å². The van der Waals surface area contributed by atoms with Crippen LogP contribution in [-0.2, 0) is 4.74 Å². The molecule has 0 aromatic heterocycles. The molecule has 0 saturated heterocycles. The van der Waals surface area contributed by atoms with Crippen LogP contribution in [0.3, 0.4) is 0 Å². The third kappa shape index (κ3) is 4.19. The molecule has 1 aromatic carbocycles. The summed E-state index contributed by atoms with van der Waals surface area (Å²) in [5, 5.41) is 2.90. The summed E-state index contributed by atoms with van der Waals surface area (Å²) in [6, 6.07) is 4.12. The monoisotopic (exact) mass is 256 g/mol. The molecule has 0 aliphatic rings. The second-order valence-electron chi connectivity index (χ2n) is 3.34. The number of methoxy groups -OCH3 is 2. The molecule has 0 aliphatic heterocycles. The molecule has 0 bridgehead atoms. The van der Waals surface area contributed by atoms with Gasteiger partial charge in [-0.2, -0.15) is 0 Å². The molecule has 7 heteroatoms. The molecule has 0 spiro atoms. The van der Waals surface area contributed by atoms with Gasteiger partial charge in [-0.1, -0.05) is 0 Å². The van der Waals surface area contributed by atoms with Crippen molar-refractivity contribution in [2.45, 2.75) is 0 Å². The summed E-state index contributed by atoms with van der Waals surface area (Å²) in [6.45, 7) is 0.931. The second kappa shape index (κ2) is 7.46. The predicted octanol–water partition coefficient (Wildman–Crippen LogP) is 0.712. The number of anilines is 1. The lowest BCUT2D eigenvalue weighted by Gasteiger charge is -2.12. The highest BCUT2D eigenvalue weighted by Gasteiger charge is 2.06. The number of aliphatic imine (C=N–C) groups is 1. The Morgan fingerprint density at radius 3 is 2.83 bits per heavy atom. The summed E-state index contributed by atoms with van der Waals surface area (Å²) in [5.74, 6) is 5.66. The molecular weight excluding hydrogens is 239 g/mol. The van der Waals surface area contributed by atoms with Crippen molar-refractivity contribution in [2.75, 3.05) is 32.7 Å². The van der Waals surface area contributed by atoms with Gasteiger partial charge in [0.1, 0.15) is 11.6 Å². The number of ether oxygens (including phenoxy) is 2. The normalized spacial score (nSPS) is 11.2. The quantitative estimate of drug-likeness (QED) is 0.238. The van der Waals surface area contributed by atoms with Crippen LogP contribution in [0.4, 0.5) is 10.1 Å². The molecular formula is C11H17FN4O2. The van der Waals surface area contributed by atoms with Gasteiger partial charge in [-0.25, -0.2) is 15.2 Å². The summed E-state index contributed by atoms with van der Waals surface area (Å²) < 4.78 is 22.9. The highest BCUT2D eigenvalue weighted by molar-refractivity contribution is 5.94. The molecule has 0 amide bonds. The maximum absolute atomic E-state index is 13.0. The summed E-state index contributed by atoms with van der Waals surface area (Å²) in [6.07, 6.45) is 0. The van der Waals surface area contributed by atoms with Crippen LogP contribution in [0.15, 0.2) is 23.2 Å². The third-order valence-corrected chi connectivity index (χ3v) is 2.12. The molecule has 1 rings (SSSR count). The Balaban J connectivity index is 2.78. The molecule has 4 N–H and O–H groups in total. The van der Waals surface area contributed by atoms with E-state index in [1.165, 1.54) is 25.3 Å². The molecule has 18 heavy (non-hydrogen) atoms. The van der Waals surface area contributed by atoms with E-state index in [1.54, 1.807) is 7.11 Å². The first-order chi connectivity index (χ1) is 8.71. The topological polar surface area (TPSA) is 80.9 Å². The average Bonchev–Trinajstić information content (AvgIpc) is 2.39. The number of rotatable bonds is 5. The first-order valence-electron chi connectivity index (χ1n) is 5.31. The van der Waals surface area contributed by atoms with Gasteiger partial charge in [-0.3, -0.25) is 5.43 Å². The molecule has 6 nitrogen and oxygen atoms in total. The molecule has 0 aliphatic carbocycles. The Morgan fingerprint density at radius 2 is 2.22 bits per heavy atom. The van der Waals surface area contributed by atoms with Crippen molar-refractivity contribution in [1.29, 1.82) is 0 Å². The molecule has 0 unspecified atom stereocenters. The first-order valence-corrected chi connectivity index (χ1v) is 5.31. The van der Waals surface area contributed by atoms with Crippen LogP contribution in [-0.4, -0.2) is 33.3 Å². The summed E-state index contributed by atoms with van der Waals surface area (Å²) in [7, 11) is 3.04. The van der Waals surface area contributed by atoms with Crippen molar-refractivity contribution in [3.05, 3.63) is 24.0 Å². The highest BCUT2D eigenvalue weighted by Crippen LogP contribution is 2.24. The van der Waals surface area contributed by atoms with E-state index in [2.05, 4.69) is 15.7 Å². The van der Waals surface area contributed by atoms with Gasteiger partial charge in [0.25, 0.3) is 0 Å². The van der Waals surface area contributed by atoms with Crippen LogP contribution < -0.4 is 21.3 Å². The number of nitrogens with one attached hydrogen (secondary N) is 2. The van der Waals surface area contributed by atoms with E-state index in [-0.39, 0.29) is 5.82 Å². The SMILES string of the molecule is COCCN=C(NN)Nc1ccc(F)cc1OC. The number of hydrogen-bond donors (Lipinski definition) is 3. The van der Waals surface area contributed by atoms with Gasteiger partial charge in [0, 0.05) is 13.2 Å². The number of guanidine groups is 1. The Hall–Kier alpha value is -1.86. The van der Waals surface area contributed by atoms with Crippen LogP contribution in [0.25, 0.3) is 0 Å². The fraction of sp³-hybridized carbons (Fsp3) is 0.364. The van der Waals surface area contributed by atoms with Crippen molar-refractivity contribution in [1.82, 2.24) is 5.43 Å². The minimum absolute atomic E-state index is 0.344. The number of hydrogen-bond acceptors (Lipinski definition) is 4. The zero-order valence-corrected chi connectivity index (χ0v) is 10.4. The van der Waals surface area contributed by atoms with Crippen molar-refractivity contribution in [2.24, 2.45) is 10.8 Å². The highest BCUT2D eigenvalue weighted by atomic mass is 19.1. The summed E-state index contributed by atoms with van der Waals surface area (Å²) in [5.41, 5.74) is 2.97. The Kier molecular flexibility index (Phi) is 5.89. The van der Waals surface area contributed by atoms with Gasteiger partial charge in [0.15, 0.2) is 0 Å². The largest absolute Gasteiger partial charge is 0.494 e. The van der Waals surface area contributed by atoms with E-state index in [1.807, 2.05) is 0 Å². The second-order valence-corrected chi connectivity index (χ2v) is 3.34. The number of nitrogens with two attached hydrogens (primary N) is 1. The van der Waals surface area contributed by atoms with Crippen molar-refractivity contribution in [3.8, 4) is 5.75 Å². The first kappa shape index (κ1) is 14.2. The molecule has 0 heterocycles. The van der Waals surface area contributed by atoms with Crippen molar-refractivity contribution in [3.63, 3.8) is 0 Å². The molecule has 100 valence electrons. The predicted molar refractivity (Wildman–Crippen MR) is 68.1 cm³/mol. The van der Waals surface area contributed by atoms with Gasteiger partial charge in [-0.15, -0.1) is 0 Å². The average molecular weight is 256 g/mol. The summed E-state index contributed by atoms with van der Waals surface area (Å²) in [4.78, 5) is 4.12. The van der Waals surface area contributed by atoms with Crippen LogP contribution in [0, 0.1) is 5.82 Å². The smallest absolute Gasteiger partial charge is 0.210 e. The number of nitrogens with zero attached hydrogens (tertiary/aromatic N) is 1. The molecule has 0 radical (unpaired) electrons. The minimum Gasteiger partial charge on any atom is -0.494 e. The lowest BCUT2D eigenvalue weighted by atomic mass is 10.3. The third-order valence-electron chi connectivity index (χ3n) is 2.12. The van der Waals surface area contributed by atoms with Gasteiger partial charge < -0.3 is 14.8 Å². The van der Waals surface area contributed by atoms with Crippen LogP contribution in [0.2, 0.25) is 0 Å². The van der Waals surface area contributed by atoms with Crippen molar-refractivity contribution >= 4 is 11.6 Å². The van der Waals surface area contributed by atoms with Gasteiger partial charge in [-0.05, 0) is 12.1 Å². The number of benzene rings is 1. The minimum atomic E-state index is -0.379. The number of hydrazine groups is 1. The standard InChI is InChI=1S/C11H17FN4O2/c1-17-6-5-14-11(16-13)15-9-4-3-8(12)7-10(9)18-2/h3-4,7H,5-6,13H2,1-2H3,(H2,14,15,16). The van der Waals surface area contributed by atoms with Crippen molar-refractivity contribution < 1.29 is 13.9 Å². The fourth-order valence-corrected chi connectivity index (χ4v) is 1.27. The molecule has 0 atom stereocenters. The van der Waals surface area contributed by atoms with E-state index >= 15 is 0 Å². The van der Waals surface area contributed by atoms with E-state index in [0.717, 1.165) is 0 Å². The molecule has 1 aromatic rings. The zero-order valence-electron chi connectivity index (χ0n) is 10.4.